The monoisotopic (exact) mass is 573 g/mol. The van der Waals surface area contributed by atoms with Crippen molar-refractivity contribution in [2.45, 2.75) is 66.2 Å². The zero-order chi connectivity index (χ0) is 30.3. The van der Waals surface area contributed by atoms with Crippen LogP contribution in [0.2, 0.25) is 0 Å². The summed E-state index contributed by atoms with van der Waals surface area (Å²) in [6.07, 6.45) is 0. The lowest BCUT2D eigenvalue weighted by Gasteiger charge is -2.28. The van der Waals surface area contributed by atoms with E-state index in [2.05, 4.69) is 5.32 Å². The lowest BCUT2D eigenvalue weighted by molar-refractivity contribution is 0.0529. The highest BCUT2D eigenvalue weighted by atomic mass is 32.1. The second-order valence-electron chi connectivity index (χ2n) is 12.3. The highest BCUT2D eigenvalue weighted by molar-refractivity contribution is 7.17. The predicted molar refractivity (Wildman–Crippen MR) is 168 cm³/mol. The number of carbonyl (C=O) groups excluding carboxylic acids is 2. The van der Waals surface area contributed by atoms with Crippen LogP contribution in [0.1, 0.15) is 85.2 Å². The number of anilines is 1. The van der Waals surface area contributed by atoms with E-state index in [1.54, 1.807) is 26.2 Å². The van der Waals surface area contributed by atoms with Crippen molar-refractivity contribution in [3.8, 4) is 22.6 Å². The van der Waals surface area contributed by atoms with E-state index in [1.165, 1.54) is 11.3 Å². The molecule has 4 aromatic rings. The smallest absolute Gasteiger partial charge is 0.341 e. The molecular weight excluding hydrogens is 534 g/mol. The third-order valence-corrected chi connectivity index (χ3v) is 8.14. The number of nitrogens with one attached hydrogen (secondary N) is 1. The molecule has 0 aliphatic carbocycles. The maximum atomic E-state index is 13.8. The van der Waals surface area contributed by atoms with Gasteiger partial charge in [-0.1, -0.05) is 59.7 Å². The fraction of sp³-hybridized carbons (Fsp3) is 0.353. The lowest BCUT2D eigenvalue weighted by atomic mass is 9.78. The Morgan fingerprint density at radius 3 is 2.05 bits per heavy atom. The fourth-order valence-corrected chi connectivity index (χ4v) is 6.03. The van der Waals surface area contributed by atoms with Crippen molar-refractivity contribution in [2.75, 3.05) is 19.0 Å². The van der Waals surface area contributed by atoms with E-state index in [0.717, 1.165) is 32.5 Å². The summed E-state index contributed by atoms with van der Waals surface area (Å²) in [7, 11) is 1.64. The first-order chi connectivity index (χ1) is 19.1. The van der Waals surface area contributed by atoms with Crippen LogP contribution in [0.3, 0.4) is 0 Å². The lowest BCUT2D eigenvalue weighted by Crippen LogP contribution is -2.21. The van der Waals surface area contributed by atoms with Gasteiger partial charge in [0.2, 0.25) is 0 Å². The number of rotatable bonds is 6. The third-order valence-electron chi connectivity index (χ3n) is 7.12. The second kappa shape index (κ2) is 11.2. The number of aryl methyl sites for hydroxylation is 1. The third kappa shape index (κ3) is 6.10. The van der Waals surface area contributed by atoms with E-state index in [0.29, 0.717) is 27.3 Å². The molecule has 1 amide bonds. The molecule has 2 N–H and O–H groups in total. The van der Waals surface area contributed by atoms with Crippen molar-refractivity contribution in [3.05, 3.63) is 75.7 Å². The first kappa shape index (κ1) is 30.1. The number of aromatic hydroxyl groups is 1. The Bertz CT molecular complexity index is 1600. The minimum atomic E-state index is -0.492. The van der Waals surface area contributed by atoms with E-state index in [9.17, 15) is 14.7 Å². The van der Waals surface area contributed by atoms with Crippen LogP contribution in [-0.2, 0) is 15.6 Å². The molecule has 41 heavy (non-hydrogen) atoms. The summed E-state index contributed by atoms with van der Waals surface area (Å²) in [6.45, 7) is 15.9. The summed E-state index contributed by atoms with van der Waals surface area (Å²) in [5, 5.41) is 16.6. The van der Waals surface area contributed by atoms with Gasteiger partial charge >= 0.3 is 5.97 Å². The van der Waals surface area contributed by atoms with Crippen molar-refractivity contribution >= 4 is 39.0 Å². The molecule has 0 radical (unpaired) electrons. The van der Waals surface area contributed by atoms with Crippen LogP contribution in [0.15, 0.2) is 48.5 Å². The van der Waals surface area contributed by atoms with Gasteiger partial charge in [0.25, 0.3) is 5.91 Å². The number of ether oxygens (including phenoxy) is 2. The second-order valence-corrected chi connectivity index (χ2v) is 13.5. The maximum Gasteiger partial charge on any atom is 0.341 e. The molecule has 7 heteroatoms. The van der Waals surface area contributed by atoms with Crippen molar-refractivity contribution in [1.29, 1.82) is 0 Å². The van der Waals surface area contributed by atoms with Gasteiger partial charge in [-0.2, -0.15) is 0 Å². The molecule has 0 spiro atoms. The minimum absolute atomic E-state index is 0.206. The summed E-state index contributed by atoms with van der Waals surface area (Å²) in [4.78, 5) is 28.0. The fourth-order valence-electron chi connectivity index (χ4n) is 4.97. The van der Waals surface area contributed by atoms with Gasteiger partial charge in [-0.3, -0.25) is 4.79 Å². The number of benzene rings is 3. The predicted octanol–water partition coefficient (Wildman–Crippen LogP) is 8.61. The topological polar surface area (TPSA) is 84.9 Å². The molecule has 0 bridgehead atoms. The maximum absolute atomic E-state index is 13.8. The van der Waals surface area contributed by atoms with Gasteiger partial charge in [0, 0.05) is 27.1 Å². The molecule has 6 nitrogen and oxygen atoms in total. The molecule has 1 heterocycles. The molecule has 0 fully saturated rings. The quantitative estimate of drug-likeness (QED) is 0.226. The number of esters is 1. The van der Waals surface area contributed by atoms with Gasteiger partial charge in [0.1, 0.15) is 22.1 Å². The molecule has 1 aromatic heterocycles. The number of phenols is 1. The molecule has 0 aliphatic heterocycles. The summed E-state index contributed by atoms with van der Waals surface area (Å²) >= 11 is 1.34. The van der Waals surface area contributed by atoms with Gasteiger partial charge in [-0.15, -0.1) is 11.3 Å². The Morgan fingerprint density at radius 2 is 1.49 bits per heavy atom. The molecular formula is C34H39NO5S. The van der Waals surface area contributed by atoms with Crippen LogP contribution in [0, 0.1) is 6.92 Å². The Balaban J connectivity index is 1.83. The highest BCUT2D eigenvalue weighted by Crippen LogP contribution is 2.43. The number of hydrogen-bond acceptors (Lipinski definition) is 6. The van der Waals surface area contributed by atoms with Gasteiger partial charge in [0.15, 0.2) is 0 Å². The molecule has 0 atom stereocenters. The first-order valence-corrected chi connectivity index (χ1v) is 14.5. The Kier molecular flexibility index (Phi) is 8.23. The van der Waals surface area contributed by atoms with Crippen LogP contribution in [-0.4, -0.2) is 30.7 Å². The van der Waals surface area contributed by atoms with Gasteiger partial charge < -0.3 is 19.9 Å². The van der Waals surface area contributed by atoms with Crippen molar-refractivity contribution in [1.82, 2.24) is 0 Å². The summed E-state index contributed by atoms with van der Waals surface area (Å²) in [5.74, 6) is 0.128. The normalized spacial score (nSPS) is 11.9. The van der Waals surface area contributed by atoms with E-state index >= 15 is 0 Å². The number of methoxy groups -OCH3 is 1. The number of amides is 1. The van der Waals surface area contributed by atoms with E-state index in [4.69, 9.17) is 9.47 Å². The molecule has 216 valence electrons. The van der Waals surface area contributed by atoms with Crippen molar-refractivity contribution < 1.29 is 24.2 Å². The summed E-state index contributed by atoms with van der Waals surface area (Å²) in [6, 6.07) is 15.3. The number of phenolic OH excluding ortho intramolecular Hbond substituents is 1. The van der Waals surface area contributed by atoms with Crippen molar-refractivity contribution in [3.63, 3.8) is 0 Å². The van der Waals surface area contributed by atoms with E-state index in [1.807, 2.05) is 84.9 Å². The SMILES string of the molecule is CCOC(=O)c1c(NC(=O)c2cc(C(C)(C)C)c(O)c(C(C)(C)C)c2)sc(C)c1-c1ccc2cc(OC)ccc2c1. The molecule has 0 saturated carbocycles. The minimum Gasteiger partial charge on any atom is -0.507 e. The van der Waals surface area contributed by atoms with Crippen LogP contribution < -0.4 is 10.1 Å². The Labute approximate surface area is 246 Å². The Morgan fingerprint density at radius 1 is 0.902 bits per heavy atom. The number of fused-ring (bicyclic) bond motifs is 1. The van der Waals surface area contributed by atoms with Crippen molar-refractivity contribution in [2.24, 2.45) is 0 Å². The molecule has 0 saturated heterocycles. The van der Waals surface area contributed by atoms with Gasteiger partial charge in [-0.25, -0.2) is 4.79 Å². The zero-order valence-electron chi connectivity index (χ0n) is 25.3. The number of hydrogen-bond donors (Lipinski definition) is 2. The van der Waals surface area contributed by atoms with Gasteiger partial charge in [0.05, 0.1) is 13.7 Å². The van der Waals surface area contributed by atoms with Crippen LogP contribution in [0.5, 0.6) is 11.5 Å². The van der Waals surface area contributed by atoms with Crippen LogP contribution in [0.4, 0.5) is 5.00 Å². The zero-order valence-corrected chi connectivity index (χ0v) is 26.1. The average Bonchev–Trinajstić information content (AvgIpc) is 3.22. The standard InChI is InChI=1S/C34H39NO5S/c1-10-40-32(38)28-27(22-12-11-21-16-24(39-9)14-13-20(21)15-22)19(2)41-31(28)35-30(37)23-17-25(33(3,4)5)29(36)26(18-23)34(6,7)8/h11-18,36H,10H2,1-9H3,(H,35,37). The first-order valence-electron chi connectivity index (χ1n) is 13.7. The Hall–Kier alpha value is -3.84. The van der Waals surface area contributed by atoms with E-state index < -0.39 is 5.97 Å². The summed E-state index contributed by atoms with van der Waals surface area (Å²) in [5.41, 5.74) is 2.95. The largest absolute Gasteiger partial charge is 0.507 e. The molecule has 0 unspecified atom stereocenters. The molecule has 3 aromatic carbocycles. The summed E-state index contributed by atoms with van der Waals surface area (Å²) < 4.78 is 10.8. The van der Waals surface area contributed by atoms with E-state index in [-0.39, 0.29) is 29.1 Å². The number of carbonyl (C=O) groups is 2. The van der Waals surface area contributed by atoms with Crippen LogP contribution >= 0.6 is 11.3 Å². The average molecular weight is 574 g/mol. The molecule has 0 aliphatic rings. The van der Waals surface area contributed by atoms with Crippen LogP contribution in [0.25, 0.3) is 21.9 Å². The number of thiophene rings is 1. The highest BCUT2D eigenvalue weighted by Gasteiger charge is 2.30. The molecule has 4 rings (SSSR count). The van der Waals surface area contributed by atoms with Gasteiger partial charge in [-0.05, 0) is 71.3 Å².